The molecule has 0 aliphatic heterocycles. The van der Waals surface area contributed by atoms with Crippen LogP contribution in [-0.2, 0) is 16.0 Å². The second kappa shape index (κ2) is 5.90. The molecule has 1 amide bonds. The molecule has 0 aliphatic rings. The number of hydrogen-bond donors (Lipinski definition) is 1. The van der Waals surface area contributed by atoms with Gasteiger partial charge in [-0.2, -0.15) is 0 Å². The van der Waals surface area contributed by atoms with Crippen molar-refractivity contribution in [2.24, 2.45) is 5.73 Å². The number of nitro groups is 1. The number of non-ortho nitro benzene ring substituents is 1. The highest BCUT2D eigenvalue weighted by atomic mass is 16.7. The molecule has 0 unspecified atom stereocenters. The number of benzene rings is 1. The quantitative estimate of drug-likeness (QED) is 0.490. The number of amides is 1. The normalized spacial score (nSPS) is 11.2. The van der Waals surface area contributed by atoms with Crippen molar-refractivity contribution in [1.82, 2.24) is 4.57 Å². The number of fused-ring (bicyclic) bond motifs is 1. The van der Waals surface area contributed by atoms with Crippen LogP contribution in [0.25, 0.3) is 10.9 Å². The minimum absolute atomic E-state index is 0.0503. The lowest BCUT2D eigenvalue weighted by molar-refractivity contribution is -0.384. The van der Waals surface area contributed by atoms with Crippen LogP contribution >= 0.6 is 0 Å². The second-order valence-electron chi connectivity index (χ2n) is 4.41. The number of methoxy groups -OCH3 is 2. The molecule has 112 valence electrons. The lowest BCUT2D eigenvalue weighted by Gasteiger charge is -2.16. The average Bonchev–Trinajstić information content (AvgIpc) is 2.82. The number of ether oxygens (including phenoxy) is 2. The van der Waals surface area contributed by atoms with Crippen LogP contribution in [-0.4, -0.2) is 35.9 Å². The van der Waals surface area contributed by atoms with Gasteiger partial charge in [0.15, 0.2) is 6.29 Å². The van der Waals surface area contributed by atoms with Gasteiger partial charge in [-0.15, -0.1) is 0 Å². The molecule has 2 rings (SSSR count). The molecule has 0 saturated carbocycles. The molecule has 0 fully saturated rings. The maximum absolute atomic E-state index is 11.6. The van der Waals surface area contributed by atoms with E-state index in [0.29, 0.717) is 10.9 Å². The molecule has 0 bridgehead atoms. The van der Waals surface area contributed by atoms with Crippen molar-refractivity contribution in [3.8, 4) is 0 Å². The molecule has 0 atom stereocenters. The van der Waals surface area contributed by atoms with Crippen LogP contribution < -0.4 is 5.73 Å². The highest BCUT2D eigenvalue weighted by molar-refractivity contribution is 5.98. The predicted octanol–water partition coefficient (Wildman–Crippen LogP) is 1.27. The fraction of sp³-hybridized carbons (Fsp3) is 0.308. The van der Waals surface area contributed by atoms with E-state index in [2.05, 4.69) is 0 Å². The van der Waals surface area contributed by atoms with E-state index >= 15 is 0 Å². The number of primary amides is 1. The first-order chi connectivity index (χ1) is 9.97. The van der Waals surface area contributed by atoms with E-state index in [0.717, 1.165) is 0 Å². The van der Waals surface area contributed by atoms with Crippen LogP contribution in [0.15, 0.2) is 24.3 Å². The van der Waals surface area contributed by atoms with Crippen molar-refractivity contribution in [1.29, 1.82) is 0 Å². The zero-order valence-electron chi connectivity index (χ0n) is 11.6. The first-order valence-corrected chi connectivity index (χ1v) is 6.11. The molecular formula is C13H15N3O5. The Kier molecular flexibility index (Phi) is 4.20. The van der Waals surface area contributed by atoms with Gasteiger partial charge in [-0.05, 0) is 12.1 Å². The van der Waals surface area contributed by atoms with Gasteiger partial charge in [-0.3, -0.25) is 14.9 Å². The molecule has 21 heavy (non-hydrogen) atoms. The molecule has 0 radical (unpaired) electrons. The Morgan fingerprint density at radius 1 is 1.38 bits per heavy atom. The summed E-state index contributed by atoms with van der Waals surface area (Å²) >= 11 is 0. The van der Waals surface area contributed by atoms with Crippen molar-refractivity contribution < 1.29 is 19.2 Å². The Balaban J connectivity index is 2.57. The van der Waals surface area contributed by atoms with Crippen molar-refractivity contribution in [3.05, 3.63) is 40.1 Å². The molecule has 0 spiro atoms. The van der Waals surface area contributed by atoms with Gasteiger partial charge in [0.05, 0.1) is 11.5 Å². The summed E-state index contributed by atoms with van der Waals surface area (Å²) in [5.41, 5.74) is 6.20. The van der Waals surface area contributed by atoms with E-state index in [-0.39, 0.29) is 17.9 Å². The van der Waals surface area contributed by atoms with Crippen LogP contribution in [0.3, 0.4) is 0 Å². The van der Waals surface area contributed by atoms with Gasteiger partial charge in [0, 0.05) is 37.3 Å². The maximum Gasteiger partial charge on any atom is 0.270 e. The fourth-order valence-corrected chi connectivity index (χ4v) is 2.17. The summed E-state index contributed by atoms with van der Waals surface area (Å²) in [6, 6.07) is 5.86. The summed E-state index contributed by atoms with van der Waals surface area (Å²) in [6.07, 6.45) is -0.561. The summed E-state index contributed by atoms with van der Waals surface area (Å²) in [5, 5.41) is 11.4. The maximum atomic E-state index is 11.6. The van der Waals surface area contributed by atoms with Crippen molar-refractivity contribution in [3.63, 3.8) is 0 Å². The van der Waals surface area contributed by atoms with Gasteiger partial charge < -0.3 is 19.8 Å². The number of nitro benzene ring substituents is 1. The van der Waals surface area contributed by atoms with E-state index in [1.807, 2.05) is 0 Å². The summed E-state index contributed by atoms with van der Waals surface area (Å²) in [6.45, 7) is 0.243. The summed E-state index contributed by atoms with van der Waals surface area (Å²) < 4.78 is 11.9. The SMILES string of the molecule is COC(Cn1c(C(N)=O)cc2cc([N+](=O)[O-])ccc21)OC. The van der Waals surface area contributed by atoms with E-state index in [9.17, 15) is 14.9 Å². The summed E-state index contributed by atoms with van der Waals surface area (Å²) in [4.78, 5) is 21.9. The standard InChI is InChI=1S/C13H15N3O5/c1-20-12(21-2)7-15-10-4-3-9(16(18)19)5-8(10)6-11(15)13(14)17/h3-6,12H,7H2,1-2H3,(H2,14,17). The molecule has 8 nitrogen and oxygen atoms in total. The fourth-order valence-electron chi connectivity index (χ4n) is 2.17. The molecule has 1 heterocycles. The topological polar surface area (TPSA) is 110 Å². The van der Waals surface area contributed by atoms with E-state index < -0.39 is 17.1 Å². The number of carbonyl (C=O) groups is 1. The van der Waals surface area contributed by atoms with Crippen LogP contribution in [0.4, 0.5) is 5.69 Å². The molecule has 2 N–H and O–H groups in total. The zero-order chi connectivity index (χ0) is 15.6. The number of aromatic nitrogens is 1. The van der Waals surface area contributed by atoms with E-state index in [1.54, 1.807) is 10.6 Å². The minimum Gasteiger partial charge on any atom is -0.364 e. The molecular weight excluding hydrogens is 278 g/mol. The Bertz CT molecular complexity index is 690. The highest BCUT2D eigenvalue weighted by Gasteiger charge is 2.18. The third-order valence-corrected chi connectivity index (χ3v) is 3.21. The van der Waals surface area contributed by atoms with Crippen LogP contribution in [0.2, 0.25) is 0 Å². The lowest BCUT2D eigenvalue weighted by atomic mass is 10.2. The number of carbonyl (C=O) groups excluding carboxylic acids is 1. The Morgan fingerprint density at radius 2 is 2.05 bits per heavy atom. The lowest BCUT2D eigenvalue weighted by Crippen LogP contribution is -2.24. The number of nitrogens with zero attached hydrogens (tertiary/aromatic N) is 2. The Labute approximate surface area is 120 Å². The van der Waals surface area contributed by atoms with Crippen molar-refractivity contribution >= 4 is 22.5 Å². The summed E-state index contributed by atoms with van der Waals surface area (Å²) in [7, 11) is 2.96. The molecule has 8 heteroatoms. The van der Waals surface area contributed by atoms with Gasteiger partial charge in [-0.1, -0.05) is 0 Å². The van der Waals surface area contributed by atoms with Gasteiger partial charge >= 0.3 is 0 Å². The average molecular weight is 293 g/mol. The van der Waals surface area contributed by atoms with E-state index in [4.69, 9.17) is 15.2 Å². The first-order valence-electron chi connectivity index (χ1n) is 6.11. The highest BCUT2D eigenvalue weighted by Crippen LogP contribution is 2.25. The third-order valence-electron chi connectivity index (χ3n) is 3.21. The second-order valence-corrected chi connectivity index (χ2v) is 4.41. The van der Waals surface area contributed by atoms with E-state index in [1.165, 1.54) is 32.4 Å². The molecule has 1 aromatic heterocycles. The minimum atomic E-state index is -0.625. The Morgan fingerprint density at radius 3 is 2.57 bits per heavy atom. The number of hydrogen-bond acceptors (Lipinski definition) is 5. The largest absolute Gasteiger partial charge is 0.364 e. The summed E-state index contributed by atoms with van der Waals surface area (Å²) in [5.74, 6) is -0.625. The Hall–Kier alpha value is -2.45. The molecule has 2 aromatic rings. The van der Waals surface area contributed by atoms with Gasteiger partial charge in [0.25, 0.3) is 11.6 Å². The molecule has 1 aromatic carbocycles. The van der Waals surface area contributed by atoms with Crippen molar-refractivity contribution in [2.75, 3.05) is 14.2 Å². The van der Waals surface area contributed by atoms with Gasteiger partial charge in [0.2, 0.25) is 0 Å². The van der Waals surface area contributed by atoms with Crippen LogP contribution in [0.5, 0.6) is 0 Å². The third kappa shape index (κ3) is 2.86. The zero-order valence-corrected chi connectivity index (χ0v) is 11.6. The number of rotatable bonds is 6. The van der Waals surface area contributed by atoms with Crippen LogP contribution in [0, 0.1) is 10.1 Å². The smallest absolute Gasteiger partial charge is 0.270 e. The van der Waals surface area contributed by atoms with Crippen molar-refractivity contribution in [2.45, 2.75) is 12.8 Å². The molecule has 0 aliphatic carbocycles. The molecule has 0 saturated heterocycles. The number of nitrogens with two attached hydrogens (primary N) is 1. The predicted molar refractivity (Wildman–Crippen MR) is 74.9 cm³/mol. The van der Waals surface area contributed by atoms with Gasteiger partial charge in [0.1, 0.15) is 5.69 Å². The first kappa shape index (κ1) is 14.9. The van der Waals surface area contributed by atoms with Crippen LogP contribution in [0.1, 0.15) is 10.5 Å². The van der Waals surface area contributed by atoms with Gasteiger partial charge in [-0.25, -0.2) is 0 Å². The monoisotopic (exact) mass is 293 g/mol.